The van der Waals surface area contributed by atoms with Gasteiger partial charge in [-0.05, 0) is 36.0 Å². The highest BCUT2D eigenvalue weighted by Crippen LogP contribution is 2.31. The molecule has 2 amide bonds. The summed E-state index contributed by atoms with van der Waals surface area (Å²) in [7, 11) is 1.72. The number of hydrogen-bond donors (Lipinski definition) is 2. The van der Waals surface area contributed by atoms with E-state index in [1.54, 1.807) is 7.05 Å². The van der Waals surface area contributed by atoms with Crippen LogP contribution in [0.15, 0.2) is 12.1 Å². The van der Waals surface area contributed by atoms with Crippen molar-refractivity contribution in [1.29, 1.82) is 0 Å². The molecule has 0 unspecified atom stereocenters. The Kier molecular flexibility index (Phi) is 4.02. The van der Waals surface area contributed by atoms with Gasteiger partial charge in [-0.1, -0.05) is 32.9 Å². The third kappa shape index (κ3) is 2.82. The second-order valence-corrected chi connectivity index (χ2v) is 5.72. The first-order valence-electron chi connectivity index (χ1n) is 6.04. The fraction of sp³-hybridized carbons (Fsp3) is 0.500. The van der Waals surface area contributed by atoms with Crippen LogP contribution >= 0.6 is 0 Å². The van der Waals surface area contributed by atoms with E-state index in [2.05, 4.69) is 38.3 Å². The quantitative estimate of drug-likeness (QED) is 0.456. The van der Waals surface area contributed by atoms with Crippen molar-refractivity contribution in [3.05, 3.63) is 28.8 Å². The minimum atomic E-state index is -0.315. The Labute approximate surface area is 109 Å². The molecule has 0 saturated carbocycles. The van der Waals surface area contributed by atoms with Gasteiger partial charge in [0.25, 0.3) is 0 Å². The van der Waals surface area contributed by atoms with Crippen LogP contribution in [0.3, 0.4) is 0 Å². The normalized spacial score (nSPS) is 11.3. The van der Waals surface area contributed by atoms with Crippen LogP contribution in [0.1, 0.15) is 37.5 Å². The summed E-state index contributed by atoms with van der Waals surface area (Å²) in [6.45, 7) is 10.6. The number of rotatable bonds is 1. The lowest BCUT2D eigenvalue weighted by Crippen LogP contribution is -2.41. The van der Waals surface area contributed by atoms with Crippen LogP contribution in [0.25, 0.3) is 0 Å². The maximum absolute atomic E-state index is 11.6. The molecule has 0 fully saturated rings. The number of hydrogen-bond acceptors (Lipinski definition) is 2. The van der Waals surface area contributed by atoms with Gasteiger partial charge in [-0.2, -0.15) is 0 Å². The average Bonchev–Trinajstić information content (AvgIpc) is 2.25. The van der Waals surface area contributed by atoms with E-state index in [0.717, 1.165) is 16.8 Å². The second-order valence-electron chi connectivity index (χ2n) is 5.72. The van der Waals surface area contributed by atoms with E-state index >= 15 is 0 Å². The molecule has 0 aliphatic heterocycles. The van der Waals surface area contributed by atoms with E-state index in [4.69, 9.17) is 5.84 Å². The number of benzene rings is 1. The second kappa shape index (κ2) is 4.98. The molecule has 1 aromatic rings. The van der Waals surface area contributed by atoms with E-state index in [9.17, 15) is 4.79 Å². The number of aryl methyl sites for hydroxylation is 2. The molecule has 0 bridgehead atoms. The highest BCUT2D eigenvalue weighted by Gasteiger charge is 2.19. The van der Waals surface area contributed by atoms with E-state index in [1.165, 1.54) is 10.5 Å². The van der Waals surface area contributed by atoms with Crippen molar-refractivity contribution < 1.29 is 4.79 Å². The summed E-state index contributed by atoms with van der Waals surface area (Å²) >= 11 is 0. The highest BCUT2D eigenvalue weighted by molar-refractivity contribution is 5.92. The van der Waals surface area contributed by atoms with Crippen LogP contribution < -0.4 is 16.2 Å². The number of nitrogens with one attached hydrogen (secondary N) is 1. The molecule has 0 aromatic heterocycles. The van der Waals surface area contributed by atoms with Crippen molar-refractivity contribution in [3.63, 3.8) is 0 Å². The fourth-order valence-corrected chi connectivity index (χ4v) is 2.12. The largest absolute Gasteiger partial charge is 0.335 e. The van der Waals surface area contributed by atoms with E-state index in [1.807, 2.05) is 13.8 Å². The Bertz CT molecular complexity index is 438. The minimum absolute atomic E-state index is 0.0999. The molecule has 1 rings (SSSR count). The van der Waals surface area contributed by atoms with Crippen molar-refractivity contribution in [2.45, 2.75) is 40.0 Å². The third-order valence-corrected chi connectivity index (χ3v) is 3.12. The molecule has 0 radical (unpaired) electrons. The smallest absolute Gasteiger partial charge is 0.296 e. The van der Waals surface area contributed by atoms with Gasteiger partial charge in [-0.25, -0.2) is 10.6 Å². The van der Waals surface area contributed by atoms with E-state index in [-0.39, 0.29) is 11.4 Å². The predicted octanol–water partition coefficient (Wildman–Crippen LogP) is 2.62. The van der Waals surface area contributed by atoms with Gasteiger partial charge in [0.1, 0.15) is 0 Å². The molecule has 0 aliphatic rings. The molecule has 0 spiro atoms. The fourth-order valence-electron chi connectivity index (χ4n) is 2.12. The van der Waals surface area contributed by atoms with E-state index in [0.29, 0.717) is 0 Å². The number of urea groups is 1. The molecule has 100 valence electrons. The van der Waals surface area contributed by atoms with Crippen LogP contribution in [0.4, 0.5) is 10.5 Å². The van der Waals surface area contributed by atoms with Crippen molar-refractivity contribution in [3.8, 4) is 0 Å². The van der Waals surface area contributed by atoms with Crippen molar-refractivity contribution in [2.75, 3.05) is 11.9 Å². The maximum atomic E-state index is 11.6. The molecular weight excluding hydrogens is 226 g/mol. The minimum Gasteiger partial charge on any atom is -0.296 e. The topological polar surface area (TPSA) is 58.4 Å². The Morgan fingerprint density at radius 1 is 1.22 bits per heavy atom. The van der Waals surface area contributed by atoms with Gasteiger partial charge in [0.2, 0.25) is 0 Å². The summed E-state index contributed by atoms with van der Waals surface area (Å²) in [5.41, 5.74) is 6.57. The Balaban J connectivity index is 3.29. The zero-order valence-corrected chi connectivity index (χ0v) is 12.1. The van der Waals surface area contributed by atoms with Gasteiger partial charge in [0.05, 0.1) is 5.69 Å². The third-order valence-electron chi connectivity index (χ3n) is 3.12. The lowest BCUT2D eigenvalue weighted by atomic mass is 9.84. The summed E-state index contributed by atoms with van der Waals surface area (Å²) in [6.07, 6.45) is 0. The van der Waals surface area contributed by atoms with Crippen molar-refractivity contribution in [2.24, 2.45) is 5.84 Å². The number of amides is 2. The van der Waals surface area contributed by atoms with Gasteiger partial charge in [-0.15, -0.1) is 0 Å². The summed E-state index contributed by atoms with van der Waals surface area (Å²) in [5, 5.41) is 0. The Morgan fingerprint density at radius 2 is 1.67 bits per heavy atom. The van der Waals surface area contributed by atoms with Crippen LogP contribution in [0.2, 0.25) is 0 Å². The van der Waals surface area contributed by atoms with Crippen LogP contribution in [-0.2, 0) is 5.41 Å². The van der Waals surface area contributed by atoms with Gasteiger partial charge in [0.15, 0.2) is 0 Å². The van der Waals surface area contributed by atoms with Gasteiger partial charge in [0, 0.05) is 7.05 Å². The Hall–Kier alpha value is -1.55. The van der Waals surface area contributed by atoms with E-state index < -0.39 is 0 Å². The predicted molar refractivity (Wildman–Crippen MR) is 75.7 cm³/mol. The lowest BCUT2D eigenvalue weighted by molar-refractivity contribution is 0.247. The van der Waals surface area contributed by atoms with Crippen molar-refractivity contribution in [1.82, 2.24) is 5.43 Å². The summed E-state index contributed by atoms with van der Waals surface area (Å²) in [5.74, 6) is 5.17. The molecular formula is C14H23N3O. The standard InChI is InChI=1S/C14H23N3O/c1-9-7-11(14(3,4)5)8-10(2)12(9)17(6)13(18)16-15/h7-8H,15H2,1-6H3,(H,16,18). The summed E-state index contributed by atoms with van der Waals surface area (Å²) in [4.78, 5) is 13.1. The molecule has 0 saturated heterocycles. The van der Waals surface area contributed by atoms with Crippen molar-refractivity contribution >= 4 is 11.7 Å². The molecule has 0 aliphatic carbocycles. The monoisotopic (exact) mass is 249 g/mol. The van der Waals surface area contributed by atoms with Crippen LogP contribution in [0.5, 0.6) is 0 Å². The number of anilines is 1. The van der Waals surface area contributed by atoms with Gasteiger partial charge < -0.3 is 0 Å². The number of nitrogens with zero attached hydrogens (tertiary/aromatic N) is 1. The number of carbonyl (C=O) groups excluding carboxylic acids is 1. The van der Waals surface area contributed by atoms with Gasteiger partial charge in [-0.3, -0.25) is 10.3 Å². The highest BCUT2D eigenvalue weighted by atomic mass is 16.2. The molecule has 4 heteroatoms. The first-order valence-corrected chi connectivity index (χ1v) is 6.04. The molecule has 1 aromatic carbocycles. The average molecular weight is 249 g/mol. The first kappa shape index (κ1) is 14.5. The van der Waals surface area contributed by atoms with Crippen LogP contribution in [-0.4, -0.2) is 13.1 Å². The molecule has 18 heavy (non-hydrogen) atoms. The van der Waals surface area contributed by atoms with Gasteiger partial charge >= 0.3 is 6.03 Å². The SMILES string of the molecule is Cc1cc(C(C)(C)C)cc(C)c1N(C)C(=O)NN. The zero-order chi connectivity index (χ0) is 14.1. The number of nitrogens with two attached hydrogens (primary N) is 1. The van der Waals surface area contributed by atoms with Crippen LogP contribution in [0, 0.1) is 13.8 Å². The number of carbonyl (C=O) groups is 1. The summed E-state index contributed by atoms with van der Waals surface area (Å²) in [6, 6.07) is 3.94. The summed E-state index contributed by atoms with van der Waals surface area (Å²) < 4.78 is 0. The molecule has 3 N–H and O–H groups in total. The molecule has 4 nitrogen and oxygen atoms in total. The number of hydrazine groups is 1. The Morgan fingerprint density at radius 3 is 2.00 bits per heavy atom. The maximum Gasteiger partial charge on any atom is 0.335 e. The first-order chi connectivity index (χ1) is 8.18. The lowest BCUT2D eigenvalue weighted by Gasteiger charge is -2.26. The molecule has 0 heterocycles. The molecule has 0 atom stereocenters. The zero-order valence-electron chi connectivity index (χ0n) is 12.1.